The molecular formula is C14H7Br2NO3. The van der Waals surface area contributed by atoms with Crippen LogP contribution >= 0.6 is 31.9 Å². The van der Waals surface area contributed by atoms with Crippen LogP contribution in [-0.2, 0) is 0 Å². The van der Waals surface area contributed by atoms with Crippen LogP contribution in [-0.4, -0.2) is 11.1 Å². The minimum atomic E-state index is -1.04. The Bertz CT molecular complexity index is 723. The van der Waals surface area contributed by atoms with E-state index in [0.717, 1.165) is 4.47 Å². The van der Waals surface area contributed by atoms with E-state index in [4.69, 9.17) is 15.1 Å². The molecule has 0 atom stereocenters. The first kappa shape index (κ1) is 14.6. The van der Waals surface area contributed by atoms with Crippen LogP contribution in [0.4, 0.5) is 0 Å². The molecule has 0 aliphatic heterocycles. The second kappa shape index (κ2) is 6.07. The number of carboxylic acids is 1. The van der Waals surface area contributed by atoms with Crippen molar-refractivity contribution < 1.29 is 14.6 Å². The smallest absolute Gasteiger partial charge is 0.335 e. The molecule has 0 heterocycles. The lowest BCUT2D eigenvalue weighted by Crippen LogP contribution is -1.97. The van der Waals surface area contributed by atoms with Crippen molar-refractivity contribution in [3.63, 3.8) is 0 Å². The topological polar surface area (TPSA) is 70.3 Å². The molecule has 0 fully saturated rings. The van der Waals surface area contributed by atoms with Crippen molar-refractivity contribution in [2.75, 3.05) is 0 Å². The molecule has 2 rings (SSSR count). The lowest BCUT2D eigenvalue weighted by molar-refractivity contribution is 0.0696. The maximum absolute atomic E-state index is 11.0. The summed E-state index contributed by atoms with van der Waals surface area (Å²) in [6.45, 7) is 0. The van der Waals surface area contributed by atoms with E-state index in [9.17, 15) is 4.79 Å². The molecule has 2 aromatic carbocycles. The number of aromatic carboxylic acids is 1. The number of ether oxygens (including phenoxy) is 1. The van der Waals surface area contributed by atoms with Gasteiger partial charge in [-0.3, -0.25) is 0 Å². The average molecular weight is 397 g/mol. The molecule has 0 unspecified atom stereocenters. The zero-order valence-corrected chi connectivity index (χ0v) is 13.1. The molecule has 0 saturated carbocycles. The monoisotopic (exact) mass is 395 g/mol. The third-order valence-electron chi connectivity index (χ3n) is 2.46. The molecule has 0 saturated heterocycles. The van der Waals surface area contributed by atoms with Crippen LogP contribution < -0.4 is 4.74 Å². The second-order valence-corrected chi connectivity index (χ2v) is 5.57. The summed E-state index contributed by atoms with van der Waals surface area (Å²) in [6.07, 6.45) is 0. The van der Waals surface area contributed by atoms with Gasteiger partial charge in [0.15, 0.2) is 0 Å². The first-order valence-corrected chi connectivity index (χ1v) is 7.00. The second-order valence-electron chi connectivity index (χ2n) is 3.80. The van der Waals surface area contributed by atoms with Crippen molar-refractivity contribution in [3.05, 3.63) is 56.5 Å². The van der Waals surface area contributed by atoms with Gasteiger partial charge in [0, 0.05) is 4.47 Å². The Kier molecular flexibility index (Phi) is 4.42. The largest absolute Gasteiger partial charge is 0.478 e. The maximum atomic E-state index is 11.0. The molecule has 1 N–H and O–H groups in total. The fourth-order valence-electron chi connectivity index (χ4n) is 1.51. The van der Waals surface area contributed by atoms with Crippen molar-refractivity contribution in [3.8, 4) is 17.6 Å². The molecule has 0 bridgehead atoms. The summed E-state index contributed by atoms with van der Waals surface area (Å²) in [4.78, 5) is 11.0. The van der Waals surface area contributed by atoms with E-state index in [2.05, 4.69) is 31.9 Å². The van der Waals surface area contributed by atoms with Crippen molar-refractivity contribution in [1.82, 2.24) is 0 Å². The van der Waals surface area contributed by atoms with Gasteiger partial charge in [0.1, 0.15) is 17.6 Å². The zero-order chi connectivity index (χ0) is 14.7. The number of nitriles is 1. The highest BCUT2D eigenvalue weighted by atomic mass is 79.9. The molecule has 2 aromatic rings. The van der Waals surface area contributed by atoms with Crippen LogP contribution in [0.25, 0.3) is 0 Å². The highest BCUT2D eigenvalue weighted by Gasteiger charge is 2.11. The van der Waals surface area contributed by atoms with Crippen molar-refractivity contribution >= 4 is 37.8 Å². The predicted molar refractivity (Wildman–Crippen MR) is 80.0 cm³/mol. The molecule has 6 heteroatoms. The molecule has 4 nitrogen and oxygen atoms in total. The van der Waals surface area contributed by atoms with Crippen LogP contribution in [0.15, 0.2) is 45.3 Å². The number of halogens is 2. The van der Waals surface area contributed by atoms with Crippen LogP contribution in [0.3, 0.4) is 0 Å². The summed E-state index contributed by atoms with van der Waals surface area (Å²) in [5.74, 6) is -0.360. The highest BCUT2D eigenvalue weighted by Crippen LogP contribution is 2.33. The molecule has 20 heavy (non-hydrogen) atoms. The average Bonchev–Trinajstić information content (AvgIpc) is 2.41. The van der Waals surface area contributed by atoms with E-state index >= 15 is 0 Å². The minimum Gasteiger partial charge on any atom is -0.478 e. The summed E-state index contributed by atoms with van der Waals surface area (Å²) in [5.41, 5.74) is 0.470. The SMILES string of the molecule is N#Cc1ccc(Br)cc1Oc1cc(C(=O)O)ccc1Br. The Morgan fingerprint density at radius 3 is 2.55 bits per heavy atom. The van der Waals surface area contributed by atoms with Gasteiger partial charge in [-0.15, -0.1) is 0 Å². The standard InChI is InChI=1S/C14H7Br2NO3/c15-10-3-1-9(7-17)12(6-10)20-13-5-8(14(18)19)2-4-11(13)16/h1-6H,(H,18,19). The van der Waals surface area contributed by atoms with E-state index in [1.54, 1.807) is 24.3 Å². The number of nitrogens with zero attached hydrogens (tertiary/aromatic N) is 1. The molecule has 0 amide bonds. The van der Waals surface area contributed by atoms with Gasteiger partial charge in [0.05, 0.1) is 15.6 Å². The summed E-state index contributed by atoms with van der Waals surface area (Å²) in [6, 6.07) is 11.5. The lowest BCUT2D eigenvalue weighted by Gasteiger charge is -2.10. The Labute approximate surface area is 131 Å². The normalized spacial score (nSPS) is 9.85. The summed E-state index contributed by atoms with van der Waals surface area (Å²) in [7, 11) is 0. The molecular weight excluding hydrogens is 390 g/mol. The Hall–Kier alpha value is -1.84. The molecule has 0 aliphatic rings. The van der Waals surface area contributed by atoms with Gasteiger partial charge in [-0.1, -0.05) is 15.9 Å². The predicted octanol–water partition coefficient (Wildman–Crippen LogP) is 4.57. The van der Waals surface area contributed by atoms with Crippen LogP contribution in [0.1, 0.15) is 15.9 Å². The lowest BCUT2D eigenvalue weighted by atomic mass is 10.2. The summed E-state index contributed by atoms with van der Waals surface area (Å²) in [5, 5.41) is 18.0. The third kappa shape index (κ3) is 3.18. The van der Waals surface area contributed by atoms with Gasteiger partial charge >= 0.3 is 5.97 Å². The Balaban J connectivity index is 2.44. The molecule has 100 valence electrons. The van der Waals surface area contributed by atoms with Crippen molar-refractivity contribution in [2.45, 2.75) is 0 Å². The molecule has 0 aromatic heterocycles. The molecule has 0 radical (unpaired) electrons. The van der Waals surface area contributed by atoms with Gasteiger partial charge in [-0.05, 0) is 52.3 Å². The van der Waals surface area contributed by atoms with Crippen LogP contribution in [0.5, 0.6) is 11.5 Å². The van der Waals surface area contributed by atoms with Gasteiger partial charge in [0.2, 0.25) is 0 Å². The highest BCUT2D eigenvalue weighted by molar-refractivity contribution is 9.10. The van der Waals surface area contributed by atoms with Gasteiger partial charge in [0.25, 0.3) is 0 Å². The van der Waals surface area contributed by atoms with Gasteiger partial charge in [-0.2, -0.15) is 5.26 Å². The Morgan fingerprint density at radius 1 is 1.15 bits per heavy atom. The van der Waals surface area contributed by atoms with Crippen molar-refractivity contribution in [1.29, 1.82) is 5.26 Å². The molecule has 0 spiro atoms. The van der Waals surface area contributed by atoms with E-state index in [1.165, 1.54) is 12.1 Å². The molecule has 0 aliphatic carbocycles. The zero-order valence-electron chi connectivity index (χ0n) is 9.93. The first-order valence-electron chi connectivity index (χ1n) is 5.41. The Morgan fingerprint density at radius 2 is 1.90 bits per heavy atom. The summed E-state index contributed by atoms with van der Waals surface area (Å²) >= 11 is 6.59. The number of hydrogen-bond donors (Lipinski definition) is 1. The van der Waals surface area contributed by atoms with Crippen molar-refractivity contribution in [2.24, 2.45) is 0 Å². The maximum Gasteiger partial charge on any atom is 0.335 e. The number of benzene rings is 2. The number of carbonyl (C=O) groups is 1. The van der Waals surface area contributed by atoms with E-state index in [0.29, 0.717) is 21.5 Å². The number of hydrogen-bond acceptors (Lipinski definition) is 3. The van der Waals surface area contributed by atoms with E-state index < -0.39 is 5.97 Å². The van der Waals surface area contributed by atoms with Gasteiger partial charge in [-0.25, -0.2) is 4.79 Å². The van der Waals surface area contributed by atoms with Crippen LogP contribution in [0, 0.1) is 11.3 Å². The van der Waals surface area contributed by atoms with Gasteiger partial charge < -0.3 is 9.84 Å². The van der Waals surface area contributed by atoms with E-state index in [1.807, 2.05) is 6.07 Å². The van der Waals surface area contributed by atoms with E-state index in [-0.39, 0.29) is 5.56 Å². The summed E-state index contributed by atoms with van der Waals surface area (Å²) < 4.78 is 7.00. The quantitative estimate of drug-likeness (QED) is 0.824. The third-order valence-corrected chi connectivity index (χ3v) is 3.61. The van der Waals surface area contributed by atoms with Crippen LogP contribution in [0.2, 0.25) is 0 Å². The fraction of sp³-hybridized carbons (Fsp3) is 0. The number of carboxylic acid groups (broad SMARTS) is 1. The minimum absolute atomic E-state index is 0.108. The first-order chi connectivity index (χ1) is 9.51. The fourth-order valence-corrected chi connectivity index (χ4v) is 2.17. The number of rotatable bonds is 3.